The minimum absolute atomic E-state index is 0.0705. The van der Waals surface area contributed by atoms with Crippen LogP contribution in [0.15, 0.2) is 0 Å². The zero-order chi connectivity index (χ0) is 21.6. The van der Waals surface area contributed by atoms with Crippen molar-refractivity contribution in [1.29, 1.82) is 0 Å². The molecular weight excluding hydrogens is 396 g/mol. The van der Waals surface area contributed by atoms with Crippen molar-refractivity contribution in [3.63, 3.8) is 0 Å². The van der Waals surface area contributed by atoms with Gasteiger partial charge in [-0.2, -0.15) is 0 Å². The van der Waals surface area contributed by atoms with Gasteiger partial charge in [0.1, 0.15) is 31.0 Å². The lowest BCUT2D eigenvalue weighted by molar-refractivity contribution is -0.272. The highest BCUT2D eigenvalue weighted by Gasteiger charge is 2.45. The smallest absolute Gasteiger partial charge is 0.269 e. The molecule has 1 aliphatic rings. The molecule has 0 saturated carbocycles. The Morgan fingerprint density at radius 3 is 2.10 bits per heavy atom. The summed E-state index contributed by atoms with van der Waals surface area (Å²) < 4.78 is 26.3. The number of hydrogen-bond acceptors (Lipinski definition) is 11. The van der Waals surface area contributed by atoms with Crippen LogP contribution in [0.3, 0.4) is 0 Å². The highest BCUT2D eigenvalue weighted by atomic mass is 16.7. The van der Waals surface area contributed by atoms with Gasteiger partial charge < -0.3 is 44.3 Å². The molecule has 0 aromatic heterocycles. The Morgan fingerprint density at radius 2 is 1.55 bits per heavy atom. The molecule has 5 atom stereocenters. The van der Waals surface area contributed by atoms with Crippen LogP contribution < -0.4 is 10.8 Å². The van der Waals surface area contributed by atoms with Gasteiger partial charge in [0.2, 0.25) is 5.91 Å². The average molecular weight is 426 g/mol. The number of rotatable bonds is 14. The van der Waals surface area contributed by atoms with E-state index < -0.39 is 49.1 Å². The third kappa shape index (κ3) is 9.75. The van der Waals surface area contributed by atoms with Gasteiger partial charge in [-0.3, -0.25) is 14.8 Å². The predicted octanol–water partition coefficient (Wildman–Crippen LogP) is -3.50. The fraction of sp³-hybridized carbons (Fsp3) is 0.875. The largest absolute Gasteiger partial charge is 0.394 e. The molecule has 13 nitrogen and oxygen atoms in total. The minimum Gasteiger partial charge on any atom is -0.394 e. The Kier molecular flexibility index (Phi) is 12.8. The summed E-state index contributed by atoms with van der Waals surface area (Å²) in [5.41, 5.74) is 1.44. The first kappa shape index (κ1) is 25.6. The molecule has 2 amide bonds. The zero-order valence-electron chi connectivity index (χ0n) is 16.2. The molecule has 0 aromatic rings. The van der Waals surface area contributed by atoms with E-state index >= 15 is 0 Å². The van der Waals surface area contributed by atoms with E-state index in [0.717, 1.165) is 0 Å². The van der Waals surface area contributed by atoms with Crippen LogP contribution >= 0.6 is 0 Å². The number of carbonyl (C=O) groups excluding carboxylic acids is 2. The second-order valence-electron chi connectivity index (χ2n) is 6.12. The number of aliphatic hydroxyl groups is 3. The summed E-state index contributed by atoms with van der Waals surface area (Å²) in [6.45, 7) is 1.68. The second-order valence-corrected chi connectivity index (χ2v) is 6.12. The van der Waals surface area contributed by atoms with Gasteiger partial charge in [-0.25, -0.2) is 5.48 Å². The van der Waals surface area contributed by atoms with E-state index in [4.69, 9.17) is 28.9 Å². The number of amides is 2. The van der Waals surface area contributed by atoms with E-state index in [1.807, 2.05) is 0 Å². The molecule has 0 aromatic carbocycles. The van der Waals surface area contributed by atoms with E-state index in [9.17, 15) is 24.9 Å². The van der Waals surface area contributed by atoms with Gasteiger partial charge in [-0.15, -0.1) is 0 Å². The first-order valence-electron chi connectivity index (χ1n) is 9.08. The molecule has 29 heavy (non-hydrogen) atoms. The summed E-state index contributed by atoms with van der Waals surface area (Å²) >= 11 is 0. The maximum absolute atomic E-state index is 11.3. The molecule has 0 bridgehead atoms. The molecule has 0 aliphatic carbocycles. The Balaban J connectivity index is 2.18. The summed E-state index contributed by atoms with van der Waals surface area (Å²) in [5, 5.41) is 40.0. The Labute approximate surface area is 167 Å². The average Bonchev–Trinajstić information content (AvgIpc) is 2.70. The summed E-state index contributed by atoms with van der Waals surface area (Å²) in [6, 6.07) is -0.999. The maximum Gasteiger partial charge on any atom is 0.269 e. The highest BCUT2D eigenvalue weighted by molar-refractivity contribution is 5.75. The van der Waals surface area contributed by atoms with Gasteiger partial charge in [0, 0.05) is 6.92 Å². The molecule has 1 fully saturated rings. The van der Waals surface area contributed by atoms with Crippen molar-refractivity contribution in [2.45, 2.75) is 37.6 Å². The van der Waals surface area contributed by atoms with E-state index in [-0.39, 0.29) is 46.2 Å². The van der Waals surface area contributed by atoms with Crippen molar-refractivity contribution >= 4 is 11.8 Å². The van der Waals surface area contributed by atoms with E-state index in [2.05, 4.69) is 5.32 Å². The van der Waals surface area contributed by atoms with Gasteiger partial charge in [-0.1, -0.05) is 0 Å². The van der Waals surface area contributed by atoms with Crippen LogP contribution in [0.4, 0.5) is 0 Å². The summed E-state index contributed by atoms with van der Waals surface area (Å²) in [7, 11) is 0. The maximum atomic E-state index is 11.3. The van der Waals surface area contributed by atoms with Gasteiger partial charge in [0.15, 0.2) is 6.29 Å². The minimum atomic E-state index is -1.37. The van der Waals surface area contributed by atoms with Crippen molar-refractivity contribution in [3.8, 4) is 0 Å². The molecule has 6 N–H and O–H groups in total. The fourth-order valence-corrected chi connectivity index (χ4v) is 2.47. The normalized spacial score (nSPS) is 26.9. The van der Waals surface area contributed by atoms with Crippen molar-refractivity contribution in [2.24, 2.45) is 0 Å². The number of carbonyl (C=O) groups is 2. The van der Waals surface area contributed by atoms with E-state index in [1.165, 1.54) is 12.4 Å². The van der Waals surface area contributed by atoms with E-state index in [1.54, 1.807) is 0 Å². The molecule has 0 unspecified atom stereocenters. The van der Waals surface area contributed by atoms with E-state index in [0.29, 0.717) is 0 Å². The molecule has 0 radical (unpaired) electrons. The number of hydroxylamine groups is 1. The van der Waals surface area contributed by atoms with Crippen molar-refractivity contribution in [3.05, 3.63) is 0 Å². The Morgan fingerprint density at radius 1 is 0.966 bits per heavy atom. The third-order valence-electron chi connectivity index (χ3n) is 3.86. The summed E-state index contributed by atoms with van der Waals surface area (Å²) in [5.74, 6) is -1.08. The first-order chi connectivity index (χ1) is 13.9. The van der Waals surface area contributed by atoms with Gasteiger partial charge in [-0.05, 0) is 0 Å². The van der Waals surface area contributed by atoms with Crippen LogP contribution in [0.5, 0.6) is 0 Å². The monoisotopic (exact) mass is 426 g/mol. The van der Waals surface area contributed by atoms with Crippen LogP contribution in [-0.4, -0.2) is 116 Å². The van der Waals surface area contributed by atoms with Gasteiger partial charge in [0.05, 0.1) is 46.2 Å². The second kappa shape index (κ2) is 14.5. The van der Waals surface area contributed by atoms with Gasteiger partial charge in [0.25, 0.3) is 5.91 Å². The fourth-order valence-electron chi connectivity index (χ4n) is 2.47. The standard InChI is InChI=1S/C16H30N2O11/c1-10(20)17-13-15(23)14(22)11(8-19)29-16(13)28-7-6-26-3-2-25-4-5-27-9-12(21)18-24/h11,13-16,19,22-24H,2-9H2,1H3,(H,17,20)(H,18,21)/t11-,13-,14+,15-,16-/m1/s1. The molecule has 1 aliphatic heterocycles. The van der Waals surface area contributed by atoms with Crippen molar-refractivity contribution in [1.82, 2.24) is 10.8 Å². The number of aliphatic hydroxyl groups excluding tert-OH is 3. The quantitative estimate of drug-likeness (QED) is 0.0919. The number of hydrogen-bond donors (Lipinski definition) is 6. The number of ether oxygens (including phenoxy) is 5. The number of nitrogens with one attached hydrogen (secondary N) is 2. The predicted molar refractivity (Wildman–Crippen MR) is 93.7 cm³/mol. The summed E-state index contributed by atoms with van der Waals surface area (Å²) in [6.07, 6.45) is -4.84. The first-order valence-corrected chi connectivity index (χ1v) is 9.08. The summed E-state index contributed by atoms with van der Waals surface area (Å²) in [4.78, 5) is 22.0. The van der Waals surface area contributed by atoms with Crippen LogP contribution in [0.25, 0.3) is 0 Å². The van der Waals surface area contributed by atoms with Gasteiger partial charge >= 0.3 is 0 Å². The molecule has 1 saturated heterocycles. The molecule has 13 heteroatoms. The van der Waals surface area contributed by atoms with Crippen LogP contribution in [0.1, 0.15) is 6.92 Å². The Bertz CT molecular complexity index is 482. The lowest BCUT2D eigenvalue weighted by Crippen LogP contribution is -2.64. The third-order valence-corrected chi connectivity index (χ3v) is 3.86. The zero-order valence-corrected chi connectivity index (χ0v) is 16.2. The molecular formula is C16H30N2O11. The highest BCUT2D eigenvalue weighted by Crippen LogP contribution is 2.22. The Hall–Kier alpha value is -1.42. The lowest BCUT2D eigenvalue weighted by Gasteiger charge is -2.42. The van der Waals surface area contributed by atoms with Crippen LogP contribution in [0, 0.1) is 0 Å². The molecule has 170 valence electrons. The van der Waals surface area contributed by atoms with Crippen molar-refractivity contribution in [2.75, 3.05) is 52.9 Å². The van der Waals surface area contributed by atoms with Crippen molar-refractivity contribution < 1.29 is 53.8 Å². The van der Waals surface area contributed by atoms with Crippen LogP contribution in [-0.2, 0) is 33.3 Å². The SMILES string of the molecule is CC(=O)N[C@H]1[C@H](OCCOCCOCCOCC(=O)NO)O[C@H](CO)[C@H](O)[C@@H]1O. The topological polar surface area (TPSA) is 185 Å². The molecule has 1 rings (SSSR count). The lowest BCUT2D eigenvalue weighted by atomic mass is 9.97. The molecule has 1 heterocycles. The molecule has 0 spiro atoms. The van der Waals surface area contributed by atoms with Crippen LogP contribution in [0.2, 0.25) is 0 Å².